The molecule has 120 valence electrons. The predicted octanol–water partition coefficient (Wildman–Crippen LogP) is 7.27. The zero-order chi connectivity index (χ0) is 15.6. The van der Waals surface area contributed by atoms with Crippen LogP contribution < -0.4 is 0 Å². The summed E-state index contributed by atoms with van der Waals surface area (Å²) in [5, 5.41) is 0. The topological polar surface area (TPSA) is 0 Å². The molecule has 0 N–H and O–H groups in total. The van der Waals surface area contributed by atoms with Crippen LogP contribution in [0.1, 0.15) is 59.3 Å². The number of hydrogen-bond donors (Lipinski definition) is 0. The molecule has 0 fully saturated rings. The molecule has 0 spiro atoms. The Kier molecular flexibility index (Phi) is 10.9. The summed E-state index contributed by atoms with van der Waals surface area (Å²) in [6.07, 6.45) is 11.0. The van der Waals surface area contributed by atoms with Crippen LogP contribution in [0.25, 0.3) is 0 Å². The average molecular weight is 403 g/mol. The number of rotatable bonds is 12. The second-order valence-corrected chi connectivity index (χ2v) is 28.6. The van der Waals surface area contributed by atoms with Gasteiger partial charge in [0.1, 0.15) is 0 Å². The molecule has 0 rings (SSSR count). The van der Waals surface area contributed by atoms with Gasteiger partial charge in [-0.2, -0.15) is 0 Å². The molecule has 0 aliphatic heterocycles. The monoisotopic (exact) mass is 404 g/mol. The van der Waals surface area contributed by atoms with Gasteiger partial charge in [-0.1, -0.05) is 0 Å². The number of allylic oxidation sites excluding steroid dienone is 1. The van der Waals surface area contributed by atoms with Crippen LogP contribution >= 0.6 is 0 Å². The molecule has 0 aliphatic rings. The third-order valence-corrected chi connectivity index (χ3v) is 34.5. The van der Waals surface area contributed by atoms with Gasteiger partial charge in [0, 0.05) is 0 Å². The minimum atomic E-state index is -2.07. The Morgan fingerprint density at radius 2 is 1.20 bits per heavy atom. The number of unbranched alkanes of at least 4 members (excludes halogenated alkanes) is 3. The van der Waals surface area contributed by atoms with Crippen molar-refractivity contribution >= 4 is 26.5 Å². The Labute approximate surface area is 134 Å². The summed E-state index contributed by atoms with van der Waals surface area (Å²) in [6, 6.07) is 0. The fourth-order valence-electron chi connectivity index (χ4n) is 3.95. The summed E-state index contributed by atoms with van der Waals surface area (Å²) < 4.78 is 5.88. The molecule has 0 aromatic heterocycles. The van der Waals surface area contributed by atoms with E-state index in [0.29, 0.717) is 0 Å². The Morgan fingerprint density at radius 3 is 1.40 bits per heavy atom. The summed E-state index contributed by atoms with van der Waals surface area (Å²) in [5.41, 5.74) is 0. The van der Waals surface area contributed by atoms with Crippen LogP contribution in [0.5, 0.6) is 0 Å². The molecule has 0 aliphatic carbocycles. The minimum absolute atomic E-state index is 0.987. The van der Waals surface area contributed by atoms with Gasteiger partial charge >= 0.3 is 135 Å². The van der Waals surface area contributed by atoms with E-state index in [-0.39, 0.29) is 0 Å². The molecular formula is C18H40SiSn. The van der Waals surface area contributed by atoms with Gasteiger partial charge in [0.25, 0.3) is 0 Å². The van der Waals surface area contributed by atoms with E-state index < -0.39 is 26.5 Å². The van der Waals surface area contributed by atoms with Crippen molar-refractivity contribution in [3.05, 3.63) is 12.7 Å². The molecule has 0 saturated heterocycles. The van der Waals surface area contributed by atoms with Crippen LogP contribution in [-0.2, 0) is 0 Å². The molecule has 1 atom stereocenters. The maximum absolute atomic E-state index is 4.30. The first-order valence-electron chi connectivity index (χ1n) is 9.00. The fraction of sp³-hybridized carbons (Fsp3) is 0.889. The van der Waals surface area contributed by atoms with Gasteiger partial charge in [-0.25, -0.2) is 0 Å². The summed E-state index contributed by atoms with van der Waals surface area (Å²) in [6.45, 7) is 19.2. The average Bonchev–Trinajstić information content (AvgIpc) is 2.39. The molecule has 1 unspecified atom stereocenters. The van der Waals surface area contributed by atoms with E-state index in [9.17, 15) is 0 Å². The van der Waals surface area contributed by atoms with Crippen molar-refractivity contribution in [2.75, 3.05) is 0 Å². The quantitative estimate of drug-likeness (QED) is 0.237. The van der Waals surface area contributed by atoms with E-state index in [1.165, 1.54) is 38.5 Å². The van der Waals surface area contributed by atoms with Gasteiger partial charge in [0.05, 0.1) is 0 Å². The summed E-state index contributed by atoms with van der Waals surface area (Å²) in [5.74, 6) is 0. The zero-order valence-corrected chi connectivity index (χ0v) is 19.1. The second kappa shape index (κ2) is 10.5. The fourth-order valence-corrected chi connectivity index (χ4v) is 40.4. The van der Waals surface area contributed by atoms with Gasteiger partial charge in [-0.05, 0) is 0 Å². The molecule has 0 aromatic rings. The Balaban J connectivity index is 5.34. The molecular weight excluding hydrogens is 363 g/mol. The van der Waals surface area contributed by atoms with Crippen molar-refractivity contribution in [3.8, 4) is 0 Å². The molecule has 0 radical (unpaired) electrons. The first-order valence-corrected chi connectivity index (χ1v) is 20.3. The normalized spacial score (nSPS) is 14.3. The Hall–Kier alpha value is 0.756. The number of hydrogen-bond acceptors (Lipinski definition) is 0. The van der Waals surface area contributed by atoms with Crippen molar-refractivity contribution < 1.29 is 0 Å². The van der Waals surface area contributed by atoms with Crippen LogP contribution in [0.2, 0.25) is 36.5 Å². The molecule has 0 aromatic carbocycles. The first-order chi connectivity index (χ1) is 9.37. The molecule has 0 saturated carbocycles. The zero-order valence-electron chi connectivity index (χ0n) is 15.2. The van der Waals surface area contributed by atoms with E-state index in [2.05, 4.69) is 53.1 Å². The standard InChI is InChI=1S/C6H13Si.3C4H9.Sn/c1-5-6-7(2,3)4;3*1-3-4-2;/h5-6H,1H2,2-4H3;3*1,3-4H2,2H3;. The van der Waals surface area contributed by atoms with E-state index in [1.54, 1.807) is 13.3 Å². The Bertz CT molecular complexity index is 233. The van der Waals surface area contributed by atoms with Crippen LogP contribution in [0.3, 0.4) is 0 Å². The molecule has 0 heterocycles. The van der Waals surface area contributed by atoms with Crippen LogP contribution in [0.15, 0.2) is 12.7 Å². The second-order valence-electron chi connectivity index (χ2n) is 7.75. The van der Waals surface area contributed by atoms with Crippen LogP contribution in [-0.4, -0.2) is 26.5 Å². The van der Waals surface area contributed by atoms with Crippen molar-refractivity contribution in [1.29, 1.82) is 0 Å². The molecule has 0 nitrogen and oxygen atoms in total. The molecule has 0 amide bonds. The van der Waals surface area contributed by atoms with Gasteiger partial charge in [0.15, 0.2) is 0 Å². The van der Waals surface area contributed by atoms with Gasteiger partial charge in [-0.3, -0.25) is 0 Å². The maximum atomic E-state index is 4.30. The van der Waals surface area contributed by atoms with E-state index in [1.807, 2.05) is 0 Å². The van der Waals surface area contributed by atoms with Crippen molar-refractivity contribution in [1.82, 2.24) is 0 Å². The first kappa shape index (κ1) is 20.8. The molecule has 20 heavy (non-hydrogen) atoms. The van der Waals surface area contributed by atoms with E-state index in [0.717, 1.165) is 3.56 Å². The third-order valence-electron chi connectivity index (χ3n) is 4.91. The van der Waals surface area contributed by atoms with Crippen molar-refractivity contribution in [2.24, 2.45) is 0 Å². The van der Waals surface area contributed by atoms with Crippen molar-refractivity contribution in [3.63, 3.8) is 0 Å². The van der Waals surface area contributed by atoms with E-state index >= 15 is 0 Å². The summed E-state index contributed by atoms with van der Waals surface area (Å²) in [4.78, 5) is 0. The molecule has 2 heteroatoms. The summed E-state index contributed by atoms with van der Waals surface area (Å²) >= 11 is -2.07. The van der Waals surface area contributed by atoms with Gasteiger partial charge in [-0.15, -0.1) is 0 Å². The Morgan fingerprint density at radius 1 is 0.850 bits per heavy atom. The van der Waals surface area contributed by atoms with Crippen LogP contribution in [0, 0.1) is 0 Å². The molecule has 0 bridgehead atoms. The van der Waals surface area contributed by atoms with Gasteiger partial charge in [0.2, 0.25) is 0 Å². The van der Waals surface area contributed by atoms with Gasteiger partial charge < -0.3 is 0 Å². The van der Waals surface area contributed by atoms with Crippen molar-refractivity contribution in [2.45, 2.75) is 95.8 Å². The van der Waals surface area contributed by atoms with E-state index in [4.69, 9.17) is 0 Å². The SMILES string of the molecule is C=C[CH]([Si](C)(C)C)[Sn]([CH2]CCC)([CH2]CCC)[CH2]CCC. The summed E-state index contributed by atoms with van der Waals surface area (Å²) in [7, 11) is -1.10. The third kappa shape index (κ3) is 6.68. The van der Waals surface area contributed by atoms with Crippen LogP contribution in [0.4, 0.5) is 0 Å². The predicted molar refractivity (Wildman–Crippen MR) is 102 cm³/mol.